The van der Waals surface area contributed by atoms with Gasteiger partial charge in [-0.3, -0.25) is 19.3 Å². The van der Waals surface area contributed by atoms with Crippen LogP contribution < -0.4 is 5.32 Å². The number of aryl methyl sites for hydroxylation is 2. The normalized spacial score (nSPS) is 22.3. The first kappa shape index (κ1) is 21.3. The molecule has 1 aromatic rings. The molecular weight excluding hydrogens is 396 g/mol. The highest BCUT2D eigenvalue weighted by Crippen LogP contribution is 2.39. The van der Waals surface area contributed by atoms with Gasteiger partial charge in [0.2, 0.25) is 11.8 Å². The molecule has 0 bridgehead atoms. The van der Waals surface area contributed by atoms with Gasteiger partial charge in [0.05, 0.1) is 22.5 Å². The van der Waals surface area contributed by atoms with Gasteiger partial charge in [-0.1, -0.05) is 30.5 Å². The van der Waals surface area contributed by atoms with E-state index in [-0.39, 0.29) is 23.7 Å². The van der Waals surface area contributed by atoms with E-state index in [9.17, 15) is 19.2 Å². The molecule has 1 aromatic carbocycles. The third-order valence-corrected chi connectivity index (χ3v) is 5.94. The van der Waals surface area contributed by atoms with E-state index in [0.717, 1.165) is 28.9 Å². The lowest BCUT2D eigenvalue weighted by molar-refractivity contribution is -0.159. The maximum absolute atomic E-state index is 12.6. The van der Waals surface area contributed by atoms with Gasteiger partial charge in [-0.15, -0.1) is 0 Å². The van der Waals surface area contributed by atoms with Gasteiger partial charge >= 0.3 is 5.97 Å². The van der Waals surface area contributed by atoms with Crippen molar-refractivity contribution >= 4 is 41.0 Å². The standard InChI is InChI=1S/C21H25ClN2O5/c1-11-8-12(2)18(16(22)9-11)23-17(25)10-29-21(28)13(3)24-19(26)14-6-4-5-7-15(14)20(24)27/h8-9,13-15H,4-7,10H2,1-3H3,(H,23,25)/t13-,14+,15+/m0/s1. The second kappa shape index (κ2) is 8.53. The van der Waals surface area contributed by atoms with Crippen molar-refractivity contribution in [3.63, 3.8) is 0 Å². The van der Waals surface area contributed by atoms with Crippen LogP contribution in [-0.4, -0.2) is 41.2 Å². The number of halogens is 1. The van der Waals surface area contributed by atoms with Crippen LogP contribution in [-0.2, 0) is 23.9 Å². The molecule has 1 N–H and O–H groups in total. The molecule has 0 radical (unpaired) electrons. The second-order valence-corrected chi connectivity index (χ2v) is 8.22. The van der Waals surface area contributed by atoms with Crippen LogP contribution in [0.15, 0.2) is 12.1 Å². The molecule has 29 heavy (non-hydrogen) atoms. The number of likely N-dealkylation sites (tertiary alicyclic amines) is 1. The molecule has 0 spiro atoms. The van der Waals surface area contributed by atoms with Crippen LogP contribution in [0.5, 0.6) is 0 Å². The summed E-state index contributed by atoms with van der Waals surface area (Å²) in [6, 6.07) is 2.54. The molecule has 2 fully saturated rings. The van der Waals surface area contributed by atoms with E-state index in [2.05, 4.69) is 5.32 Å². The Balaban J connectivity index is 1.58. The van der Waals surface area contributed by atoms with E-state index in [1.165, 1.54) is 6.92 Å². The maximum atomic E-state index is 12.6. The summed E-state index contributed by atoms with van der Waals surface area (Å²) in [4.78, 5) is 50.8. The molecule has 0 unspecified atom stereocenters. The van der Waals surface area contributed by atoms with Gasteiger partial charge in [0.15, 0.2) is 6.61 Å². The number of rotatable bonds is 5. The summed E-state index contributed by atoms with van der Waals surface area (Å²) in [5, 5.41) is 3.03. The number of fused-ring (bicyclic) bond motifs is 1. The molecule has 3 amide bonds. The summed E-state index contributed by atoms with van der Waals surface area (Å²) in [5.41, 5.74) is 2.21. The Morgan fingerprint density at radius 3 is 2.31 bits per heavy atom. The number of nitrogens with zero attached hydrogens (tertiary/aromatic N) is 1. The van der Waals surface area contributed by atoms with Gasteiger partial charge in [-0.2, -0.15) is 0 Å². The number of ether oxygens (including phenoxy) is 1. The SMILES string of the molecule is Cc1cc(C)c(NC(=O)COC(=O)[C@H](C)N2C(=O)[C@@H]3CCCC[C@H]3C2=O)c(Cl)c1. The highest BCUT2D eigenvalue weighted by Gasteiger charge is 2.51. The highest BCUT2D eigenvalue weighted by atomic mass is 35.5. The molecule has 156 valence electrons. The van der Waals surface area contributed by atoms with Crippen LogP contribution in [0.25, 0.3) is 0 Å². The first-order valence-electron chi connectivity index (χ1n) is 9.81. The van der Waals surface area contributed by atoms with Gasteiger partial charge in [0.1, 0.15) is 6.04 Å². The second-order valence-electron chi connectivity index (χ2n) is 7.81. The molecule has 0 aromatic heterocycles. The van der Waals surface area contributed by atoms with Crippen LogP contribution in [0.3, 0.4) is 0 Å². The summed E-state index contributed by atoms with van der Waals surface area (Å²) in [5.74, 6) is -2.62. The molecule has 1 heterocycles. The van der Waals surface area contributed by atoms with Crippen molar-refractivity contribution in [3.8, 4) is 0 Å². The fourth-order valence-electron chi connectivity index (χ4n) is 4.18. The molecular formula is C21H25ClN2O5. The predicted octanol–water partition coefficient (Wildman–Crippen LogP) is 3.00. The van der Waals surface area contributed by atoms with Crippen molar-refractivity contribution in [1.29, 1.82) is 0 Å². The van der Waals surface area contributed by atoms with Crippen molar-refractivity contribution < 1.29 is 23.9 Å². The van der Waals surface area contributed by atoms with E-state index >= 15 is 0 Å². The van der Waals surface area contributed by atoms with Crippen molar-refractivity contribution in [2.75, 3.05) is 11.9 Å². The third-order valence-electron chi connectivity index (χ3n) is 5.65. The summed E-state index contributed by atoms with van der Waals surface area (Å²) < 4.78 is 5.06. The van der Waals surface area contributed by atoms with E-state index in [4.69, 9.17) is 16.3 Å². The highest BCUT2D eigenvalue weighted by molar-refractivity contribution is 6.34. The van der Waals surface area contributed by atoms with E-state index in [1.807, 2.05) is 19.9 Å². The molecule has 1 aliphatic heterocycles. The van der Waals surface area contributed by atoms with Gasteiger partial charge in [0.25, 0.3) is 5.91 Å². The Kier molecular flexibility index (Phi) is 6.27. The predicted molar refractivity (Wildman–Crippen MR) is 107 cm³/mol. The summed E-state index contributed by atoms with van der Waals surface area (Å²) in [6.07, 6.45) is 3.17. The molecule has 7 nitrogen and oxygen atoms in total. The average Bonchev–Trinajstić information content (AvgIpc) is 2.93. The topological polar surface area (TPSA) is 92.8 Å². The minimum Gasteiger partial charge on any atom is -0.454 e. The summed E-state index contributed by atoms with van der Waals surface area (Å²) in [7, 11) is 0. The molecule has 3 rings (SSSR count). The van der Waals surface area contributed by atoms with Gasteiger partial charge in [-0.05, 0) is 50.8 Å². The van der Waals surface area contributed by atoms with Crippen LogP contribution in [0.2, 0.25) is 5.02 Å². The maximum Gasteiger partial charge on any atom is 0.329 e. The van der Waals surface area contributed by atoms with Crippen molar-refractivity contribution in [2.24, 2.45) is 11.8 Å². The lowest BCUT2D eigenvalue weighted by atomic mass is 9.81. The van der Waals surface area contributed by atoms with Gasteiger partial charge in [0, 0.05) is 0 Å². The number of benzene rings is 1. The van der Waals surface area contributed by atoms with Crippen LogP contribution in [0.4, 0.5) is 5.69 Å². The largest absolute Gasteiger partial charge is 0.454 e. The van der Waals surface area contributed by atoms with Crippen molar-refractivity contribution in [3.05, 3.63) is 28.3 Å². The number of hydrogen-bond donors (Lipinski definition) is 1. The number of anilines is 1. The number of amides is 3. The van der Waals surface area contributed by atoms with Crippen LogP contribution >= 0.6 is 11.6 Å². The summed E-state index contributed by atoms with van der Waals surface area (Å²) in [6.45, 7) is 4.63. The Hall–Kier alpha value is -2.41. The third kappa shape index (κ3) is 4.29. The summed E-state index contributed by atoms with van der Waals surface area (Å²) >= 11 is 6.17. The molecule has 8 heteroatoms. The molecule has 1 aliphatic carbocycles. The zero-order valence-electron chi connectivity index (χ0n) is 16.8. The zero-order chi connectivity index (χ0) is 21.3. The average molecular weight is 421 g/mol. The van der Waals surface area contributed by atoms with E-state index in [0.29, 0.717) is 23.6 Å². The Morgan fingerprint density at radius 2 is 1.76 bits per heavy atom. The Bertz CT molecular complexity index is 822. The van der Waals surface area contributed by atoms with Gasteiger partial charge < -0.3 is 10.1 Å². The van der Waals surface area contributed by atoms with Crippen LogP contribution in [0.1, 0.15) is 43.7 Å². The fraction of sp³-hybridized carbons (Fsp3) is 0.524. The van der Waals surface area contributed by atoms with Crippen molar-refractivity contribution in [2.45, 2.75) is 52.5 Å². The monoisotopic (exact) mass is 420 g/mol. The van der Waals surface area contributed by atoms with E-state index in [1.54, 1.807) is 6.07 Å². The molecule has 3 atom stereocenters. The lowest BCUT2D eigenvalue weighted by Crippen LogP contribution is -2.45. The molecule has 2 aliphatic rings. The first-order valence-corrected chi connectivity index (χ1v) is 10.2. The lowest BCUT2D eigenvalue weighted by Gasteiger charge is -2.21. The fourth-order valence-corrected chi connectivity index (χ4v) is 4.55. The Labute approximate surface area is 174 Å². The quantitative estimate of drug-likeness (QED) is 0.583. The smallest absolute Gasteiger partial charge is 0.329 e. The van der Waals surface area contributed by atoms with Crippen molar-refractivity contribution in [1.82, 2.24) is 4.90 Å². The zero-order valence-corrected chi connectivity index (χ0v) is 17.5. The minimum absolute atomic E-state index is 0.310. The number of carbonyl (C=O) groups excluding carboxylic acids is 4. The number of hydrogen-bond acceptors (Lipinski definition) is 5. The van der Waals surface area contributed by atoms with Crippen LogP contribution in [0, 0.1) is 25.7 Å². The van der Waals surface area contributed by atoms with E-state index < -0.39 is 24.5 Å². The number of carbonyl (C=O) groups is 4. The minimum atomic E-state index is -1.06. The van der Waals surface area contributed by atoms with Gasteiger partial charge in [-0.25, -0.2) is 4.79 Å². The Morgan fingerprint density at radius 1 is 1.17 bits per heavy atom. The molecule has 1 saturated carbocycles. The number of esters is 1. The first-order chi connectivity index (χ1) is 13.7. The number of imide groups is 1. The molecule has 1 saturated heterocycles. The number of nitrogens with one attached hydrogen (secondary N) is 1.